The number of rotatable bonds is 5. The van der Waals surface area contributed by atoms with E-state index in [9.17, 15) is 22.4 Å². The van der Waals surface area contributed by atoms with Gasteiger partial charge < -0.3 is 10.1 Å². The summed E-state index contributed by atoms with van der Waals surface area (Å²) in [5, 5.41) is 2.48. The fourth-order valence-electron chi connectivity index (χ4n) is 1.84. The van der Waals surface area contributed by atoms with Crippen LogP contribution in [0.5, 0.6) is 5.75 Å². The van der Waals surface area contributed by atoms with E-state index in [1.165, 1.54) is 42.5 Å². The van der Waals surface area contributed by atoms with Crippen molar-refractivity contribution >= 4 is 11.6 Å². The molecule has 0 saturated heterocycles. The third kappa shape index (κ3) is 5.61. The summed E-state index contributed by atoms with van der Waals surface area (Å²) >= 11 is 0. The molecule has 0 spiro atoms. The van der Waals surface area contributed by atoms with Gasteiger partial charge in [0.05, 0.1) is 12.1 Å². The van der Waals surface area contributed by atoms with Gasteiger partial charge in [-0.05, 0) is 29.8 Å². The molecule has 2 aromatic carbocycles. The van der Waals surface area contributed by atoms with Crippen molar-refractivity contribution in [3.8, 4) is 5.75 Å². The largest absolute Gasteiger partial charge is 0.482 e. The van der Waals surface area contributed by atoms with Gasteiger partial charge in [-0.1, -0.05) is 24.3 Å². The minimum Gasteiger partial charge on any atom is -0.482 e. The first-order chi connectivity index (χ1) is 10.8. The zero-order chi connectivity index (χ0) is 16.9. The zero-order valence-corrected chi connectivity index (χ0v) is 11.9. The second-order valence-corrected chi connectivity index (χ2v) is 4.75. The molecule has 0 radical (unpaired) electrons. The lowest BCUT2D eigenvalue weighted by atomic mass is 10.1. The molecule has 0 aliphatic heterocycles. The summed E-state index contributed by atoms with van der Waals surface area (Å²) in [5.41, 5.74) is 0.724. The zero-order valence-electron chi connectivity index (χ0n) is 11.9. The van der Waals surface area contributed by atoms with Gasteiger partial charge in [-0.2, -0.15) is 13.2 Å². The SMILES string of the molecule is O=C(Cc1ccc(F)cc1)Nc1ccccc1OCC(F)(F)F. The maximum atomic E-state index is 12.8. The molecule has 2 rings (SSSR count). The van der Waals surface area contributed by atoms with Gasteiger partial charge in [0.15, 0.2) is 6.61 Å². The van der Waals surface area contributed by atoms with Crippen molar-refractivity contribution in [2.24, 2.45) is 0 Å². The number of anilines is 1. The second kappa shape index (κ2) is 7.13. The van der Waals surface area contributed by atoms with Gasteiger partial charge in [-0.25, -0.2) is 4.39 Å². The number of amides is 1. The highest BCUT2D eigenvalue weighted by molar-refractivity contribution is 5.93. The van der Waals surface area contributed by atoms with Gasteiger partial charge in [0.25, 0.3) is 0 Å². The average molecular weight is 327 g/mol. The maximum absolute atomic E-state index is 12.8. The molecule has 0 atom stereocenters. The predicted molar refractivity (Wildman–Crippen MR) is 76.7 cm³/mol. The number of hydrogen-bond donors (Lipinski definition) is 1. The van der Waals surface area contributed by atoms with E-state index in [1.807, 2.05) is 0 Å². The number of halogens is 4. The molecule has 122 valence electrons. The summed E-state index contributed by atoms with van der Waals surface area (Å²) in [5.74, 6) is -0.933. The average Bonchev–Trinajstić information content (AvgIpc) is 2.48. The normalized spacial score (nSPS) is 11.1. The molecule has 3 nitrogen and oxygen atoms in total. The van der Waals surface area contributed by atoms with Crippen molar-refractivity contribution in [3.63, 3.8) is 0 Å². The summed E-state index contributed by atoms with van der Waals surface area (Å²) in [4.78, 5) is 11.9. The van der Waals surface area contributed by atoms with E-state index < -0.39 is 24.5 Å². The van der Waals surface area contributed by atoms with Crippen LogP contribution in [0.25, 0.3) is 0 Å². The van der Waals surface area contributed by atoms with E-state index in [0.717, 1.165) is 0 Å². The van der Waals surface area contributed by atoms with Gasteiger partial charge in [0, 0.05) is 0 Å². The van der Waals surface area contributed by atoms with E-state index >= 15 is 0 Å². The number of carbonyl (C=O) groups excluding carboxylic acids is 1. The van der Waals surface area contributed by atoms with Crippen molar-refractivity contribution in [1.82, 2.24) is 0 Å². The number of carbonyl (C=O) groups is 1. The number of benzene rings is 2. The van der Waals surface area contributed by atoms with Crippen LogP contribution in [-0.4, -0.2) is 18.7 Å². The third-order valence-electron chi connectivity index (χ3n) is 2.83. The Kier molecular flexibility index (Phi) is 5.20. The molecule has 0 heterocycles. The number of nitrogens with one attached hydrogen (secondary N) is 1. The van der Waals surface area contributed by atoms with E-state index in [-0.39, 0.29) is 17.9 Å². The lowest BCUT2D eigenvalue weighted by Crippen LogP contribution is -2.20. The summed E-state index contributed by atoms with van der Waals surface area (Å²) < 4.78 is 54.1. The minimum atomic E-state index is -4.47. The van der Waals surface area contributed by atoms with Gasteiger partial charge in [-0.3, -0.25) is 4.79 Å². The molecule has 0 bridgehead atoms. The topological polar surface area (TPSA) is 38.3 Å². The Balaban J connectivity index is 2.01. The molecular formula is C16H13F4NO2. The molecule has 0 saturated carbocycles. The minimum absolute atomic E-state index is 0.0338. The first-order valence-electron chi connectivity index (χ1n) is 6.66. The summed E-state index contributed by atoms with van der Waals surface area (Å²) in [6.07, 6.45) is -4.50. The van der Waals surface area contributed by atoms with Crippen LogP contribution in [-0.2, 0) is 11.2 Å². The van der Waals surface area contributed by atoms with Gasteiger partial charge in [-0.15, -0.1) is 0 Å². The monoisotopic (exact) mass is 327 g/mol. The second-order valence-electron chi connectivity index (χ2n) is 4.75. The summed E-state index contributed by atoms with van der Waals surface area (Å²) in [7, 11) is 0. The fraction of sp³-hybridized carbons (Fsp3) is 0.188. The molecule has 1 N–H and O–H groups in total. The lowest BCUT2D eigenvalue weighted by Gasteiger charge is -2.13. The highest BCUT2D eigenvalue weighted by atomic mass is 19.4. The first kappa shape index (κ1) is 16.8. The first-order valence-corrected chi connectivity index (χ1v) is 6.66. The van der Waals surface area contributed by atoms with Crippen LogP contribution in [0.1, 0.15) is 5.56 Å². The lowest BCUT2D eigenvalue weighted by molar-refractivity contribution is -0.153. The Bertz CT molecular complexity index is 669. The van der Waals surface area contributed by atoms with Crippen LogP contribution < -0.4 is 10.1 Å². The highest BCUT2D eigenvalue weighted by Gasteiger charge is 2.28. The third-order valence-corrected chi connectivity index (χ3v) is 2.83. The van der Waals surface area contributed by atoms with Gasteiger partial charge in [0.1, 0.15) is 11.6 Å². The number of alkyl halides is 3. The molecule has 0 aromatic heterocycles. The summed E-state index contributed by atoms with van der Waals surface area (Å²) in [6.45, 7) is -1.45. The Labute approximate surface area is 129 Å². The molecule has 23 heavy (non-hydrogen) atoms. The van der Waals surface area contributed by atoms with E-state index in [1.54, 1.807) is 6.07 Å². The van der Waals surface area contributed by atoms with Gasteiger partial charge >= 0.3 is 6.18 Å². The molecule has 1 amide bonds. The Morgan fingerprint density at radius 1 is 1.04 bits per heavy atom. The Hall–Kier alpha value is -2.57. The van der Waals surface area contributed by atoms with Crippen molar-refractivity contribution < 1.29 is 27.1 Å². The molecule has 7 heteroatoms. The smallest absolute Gasteiger partial charge is 0.422 e. The number of ether oxygens (including phenoxy) is 1. The van der Waals surface area contributed by atoms with Crippen molar-refractivity contribution in [2.75, 3.05) is 11.9 Å². The molecule has 0 aliphatic rings. The number of hydrogen-bond acceptors (Lipinski definition) is 2. The van der Waals surface area contributed by atoms with E-state index in [2.05, 4.69) is 10.1 Å². The van der Waals surface area contributed by atoms with Crippen LogP contribution in [0.2, 0.25) is 0 Å². The molecule has 0 unspecified atom stereocenters. The van der Waals surface area contributed by atoms with Crippen molar-refractivity contribution in [2.45, 2.75) is 12.6 Å². The molecule has 0 fully saturated rings. The number of para-hydroxylation sites is 2. The van der Waals surface area contributed by atoms with E-state index in [4.69, 9.17) is 0 Å². The van der Waals surface area contributed by atoms with Gasteiger partial charge in [0.2, 0.25) is 5.91 Å². The fourth-order valence-corrected chi connectivity index (χ4v) is 1.84. The predicted octanol–water partition coefficient (Wildman–Crippen LogP) is 3.95. The van der Waals surface area contributed by atoms with E-state index in [0.29, 0.717) is 5.56 Å². The quantitative estimate of drug-likeness (QED) is 0.845. The standard InChI is InChI=1S/C16H13F4NO2/c17-12-7-5-11(6-8-12)9-15(22)21-13-3-1-2-4-14(13)23-10-16(18,19)20/h1-8H,9-10H2,(H,21,22). The highest BCUT2D eigenvalue weighted by Crippen LogP contribution is 2.26. The Morgan fingerprint density at radius 2 is 1.70 bits per heavy atom. The maximum Gasteiger partial charge on any atom is 0.422 e. The van der Waals surface area contributed by atoms with Crippen molar-refractivity contribution in [3.05, 3.63) is 59.9 Å². The molecule has 0 aliphatic carbocycles. The van der Waals surface area contributed by atoms with Crippen LogP contribution in [0.15, 0.2) is 48.5 Å². The Morgan fingerprint density at radius 3 is 2.35 bits per heavy atom. The molecular weight excluding hydrogens is 314 g/mol. The van der Waals surface area contributed by atoms with Crippen LogP contribution in [0.4, 0.5) is 23.2 Å². The summed E-state index contributed by atoms with van der Waals surface area (Å²) in [6, 6.07) is 11.2. The van der Waals surface area contributed by atoms with Crippen LogP contribution in [0, 0.1) is 5.82 Å². The van der Waals surface area contributed by atoms with Crippen molar-refractivity contribution in [1.29, 1.82) is 0 Å². The molecule has 2 aromatic rings. The van der Waals surface area contributed by atoms with Crippen LogP contribution in [0.3, 0.4) is 0 Å². The van der Waals surface area contributed by atoms with Crippen LogP contribution >= 0.6 is 0 Å².